The predicted octanol–water partition coefficient (Wildman–Crippen LogP) is 2.30. The second-order valence-electron chi connectivity index (χ2n) is 6.79. The Bertz CT molecular complexity index is 759. The lowest BCUT2D eigenvalue weighted by atomic mass is 9.97. The second-order valence-corrected chi connectivity index (χ2v) is 9.02. The van der Waals surface area contributed by atoms with Gasteiger partial charge in [0.25, 0.3) is 5.91 Å². The summed E-state index contributed by atoms with van der Waals surface area (Å²) in [4.78, 5) is 16.6. The minimum Gasteiger partial charge on any atom is -0.370 e. The number of carbonyl (C=O) groups is 1. The fraction of sp³-hybridized carbons (Fsp3) is 0.556. The summed E-state index contributed by atoms with van der Waals surface area (Å²) in [5.74, 6) is 0.603. The van der Waals surface area contributed by atoms with E-state index in [1.54, 1.807) is 18.3 Å². The molecule has 1 saturated heterocycles. The molecule has 1 unspecified atom stereocenters. The minimum atomic E-state index is -3.00. The first kappa shape index (κ1) is 17.9. The highest BCUT2D eigenvalue weighted by atomic mass is 32.2. The molecule has 3 rings (SSSR count). The van der Waals surface area contributed by atoms with E-state index in [0.29, 0.717) is 17.8 Å². The molecule has 0 aromatic carbocycles. The van der Waals surface area contributed by atoms with Crippen molar-refractivity contribution in [3.8, 4) is 0 Å². The Labute approximate surface area is 149 Å². The molecular formula is C18H25N3O3S. The van der Waals surface area contributed by atoms with Crippen LogP contribution < -0.4 is 10.6 Å². The molecule has 1 amide bonds. The first-order chi connectivity index (χ1) is 12.0. The number of anilines is 1. The van der Waals surface area contributed by atoms with Crippen molar-refractivity contribution in [3.63, 3.8) is 0 Å². The molecule has 2 heterocycles. The Morgan fingerprint density at radius 1 is 1.32 bits per heavy atom. The molecule has 0 bridgehead atoms. The van der Waals surface area contributed by atoms with Crippen molar-refractivity contribution in [1.82, 2.24) is 10.3 Å². The van der Waals surface area contributed by atoms with Crippen LogP contribution in [0.3, 0.4) is 0 Å². The molecule has 136 valence electrons. The van der Waals surface area contributed by atoms with Crippen LogP contribution in [-0.4, -0.2) is 43.4 Å². The van der Waals surface area contributed by atoms with Crippen LogP contribution in [0.2, 0.25) is 0 Å². The van der Waals surface area contributed by atoms with Crippen molar-refractivity contribution in [1.29, 1.82) is 0 Å². The number of nitrogens with zero attached hydrogens (tertiary/aromatic N) is 1. The minimum absolute atomic E-state index is 0.0318. The van der Waals surface area contributed by atoms with Gasteiger partial charge >= 0.3 is 0 Å². The summed E-state index contributed by atoms with van der Waals surface area (Å²) in [7, 11) is -3.00. The Balaban J connectivity index is 1.52. The summed E-state index contributed by atoms with van der Waals surface area (Å²) in [5, 5.41) is 6.07. The van der Waals surface area contributed by atoms with Crippen LogP contribution in [0.25, 0.3) is 0 Å². The van der Waals surface area contributed by atoms with Gasteiger partial charge in [0.1, 0.15) is 5.82 Å². The van der Waals surface area contributed by atoms with Crippen LogP contribution >= 0.6 is 0 Å². The number of allylic oxidation sites excluding steroid dienone is 1. The molecule has 1 fully saturated rings. The number of hydrogen-bond acceptors (Lipinski definition) is 5. The van der Waals surface area contributed by atoms with Crippen LogP contribution in [0.15, 0.2) is 30.0 Å². The molecule has 25 heavy (non-hydrogen) atoms. The lowest BCUT2D eigenvalue weighted by Crippen LogP contribution is -2.35. The van der Waals surface area contributed by atoms with Gasteiger partial charge in [0.15, 0.2) is 9.84 Å². The van der Waals surface area contributed by atoms with Crippen molar-refractivity contribution >= 4 is 21.6 Å². The maximum absolute atomic E-state index is 12.3. The molecule has 0 radical (unpaired) electrons. The number of nitrogens with one attached hydrogen (secondary N) is 2. The average molecular weight is 363 g/mol. The molecule has 1 aromatic heterocycles. The van der Waals surface area contributed by atoms with Gasteiger partial charge in [-0.2, -0.15) is 0 Å². The van der Waals surface area contributed by atoms with Gasteiger partial charge in [-0.1, -0.05) is 11.6 Å². The number of sulfone groups is 1. The van der Waals surface area contributed by atoms with Crippen molar-refractivity contribution < 1.29 is 13.2 Å². The van der Waals surface area contributed by atoms with Crippen LogP contribution in [0.1, 0.15) is 48.9 Å². The number of carbonyl (C=O) groups excluding carboxylic acids is 1. The first-order valence-corrected chi connectivity index (χ1v) is 10.7. The fourth-order valence-corrected chi connectivity index (χ4v) is 5.00. The zero-order valence-corrected chi connectivity index (χ0v) is 15.1. The molecule has 0 spiro atoms. The van der Waals surface area contributed by atoms with Crippen molar-refractivity contribution in [2.75, 3.05) is 23.4 Å². The Kier molecular flexibility index (Phi) is 5.73. The zero-order valence-electron chi connectivity index (χ0n) is 14.3. The molecule has 1 aliphatic carbocycles. The molecule has 6 nitrogen and oxygen atoms in total. The maximum Gasteiger partial charge on any atom is 0.251 e. The molecule has 7 heteroatoms. The predicted molar refractivity (Wildman–Crippen MR) is 98.4 cm³/mol. The van der Waals surface area contributed by atoms with Gasteiger partial charge < -0.3 is 10.6 Å². The monoisotopic (exact) mass is 363 g/mol. The van der Waals surface area contributed by atoms with E-state index in [-0.39, 0.29) is 23.5 Å². The summed E-state index contributed by atoms with van der Waals surface area (Å²) in [6.45, 7) is 0.796. The SMILES string of the molecule is O=C(NC1CCS(=O)(=O)C1)c1ccnc(NCCC2=CCCCC2)c1. The van der Waals surface area contributed by atoms with Crippen molar-refractivity contribution in [2.24, 2.45) is 0 Å². The standard InChI is InChI=1S/C18H25N3O3S/c22-18(21-16-8-11-25(23,24)13-16)15-7-10-20-17(12-15)19-9-6-14-4-2-1-3-5-14/h4,7,10,12,16H,1-3,5-6,8-9,11,13H2,(H,19,20)(H,21,22). The van der Waals surface area contributed by atoms with Crippen molar-refractivity contribution in [2.45, 2.75) is 44.6 Å². The zero-order chi connectivity index (χ0) is 17.7. The van der Waals surface area contributed by atoms with E-state index in [4.69, 9.17) is 0 Å². The van der Waals surface area contributed by atoms with E-state index in [0.717, 1.165) is 13.0 Å². The average Bonchev–Trinajstić information content (AvgIpc) is 2.94. The van der Waals surface area contributed by atoms with E-state index in [2.05, 4.69) is 21.7 Å². The van der Waals surface area contributed by atoms with E-state index in [1.165, 1.54) is 31.3 Å². The van der Waals surface area contributed by atoms with Gasteiger partial charge in [0.2, 0.25) is 0 Å². The van der Waals surface area contributed by atoms with Gasteiger partial charge in [-0.25, -0.2) is 13.4 Å². The molecule has 0 saturated carbocycles. The number of hydrogen-bond donors (Lipinski definition) is 2. The Morgan fingerprint density at radius 2 is 2.20 bits per heavy atom. The highest BCUT2D eigenvalue weighted by molar-refractivity contribution is 7.91. The number of pyridine rings is 1. The molecule has 1 aromatic rings. The molecule has 2 aliphatic rings. The fourth-order valence-electron chi connectivity index (χ4n) is 3.33. The largest absolute Gasteiger partial charge is 0.370 e. The van der Waals surface area contributed by atoms with Gasteiger partial charge in [0.05, 0.1) is 11.5 Å². The Morgan fingerprint density at radius 3 is 2.92 bits per heavy atom. The van der Waals surface area contributed by atoms with E-state index >= 15 is 0 Å². The maximum atomic E-state index is 12.3. The quantitative estimate of drug-likeness (QED) is 0.757. The normalized spacial score (nSPS) is 22.2. The van der Waals surface area contributed by atoms with Gasteiger partial charge in [-0.15, -0.1) is 0 Å². The van der Waals surface area contributed by atoms with E-state index < -0.39 is 9.84 Å². The lowest BCUT2D eigenvalue weighted by Gasteiger charge is -2.14. The van der Waals surface area contributed by atoms with E-state index in [1.807, 2.05) is 0 Å². The van der Waals surface area contributed by atoms with Crippen LogP contribution in [0.5, 0.6) is 0 Å². The van der Waals surface area contributed by atoms with Crippen LogP contribution in [-0.2, 0) is 9.84 Å². The summed E-state index contributed by atoms with van der Waals surface area (Å²) in [5.41, 5.74) is 1.99. The third-order valence-electron chi connectivity index (χ3n) is 4.73. The van der Waals surface area contributed by atoms with Gasteiger partial charge in [-0.05, 0) is 50.7 Å². The first-order valence-electron chi connectivity index (χ1n) is 8.91. The molecule has 1 aliphatic heterocycles. The Hall–Kier alpha value is -1.89. The summed E-state index contributed by atoms with van der Waals surface area (Å²) < 4.78 is 23.0. The number of amides is 1. The van der Waals surface area contributed by atoms with Crippen LogP contribution in [0, 0.1) is 0 Å². The molecule has 1 atom stereocenters. The summed E-state index contributed by atoms with van der Waals surface area (Å²) >= 11 is 0. The van der Waals surface area contributed by atoms with Crippen molar-refractivity contribution in [3.05, 3.63) is 35.5 Å². The van der Waals surface area contributed by atoms with Gasteiger partial charge in [0, 0.05) is 24.3 Å². The lowest BCUT2D eigenvalue weighted by molar-refractivity contribution is 0.0941. The molecule has 2 N–H and O–H groups in total. The third kappa shape index (κ3) is 5.29. The van der Waals surface area contributed by atoms with E-state index in [9.17, 15) is 13.2 Å². The second kappa shape index (κ2) is 7.99. The summed E-state index contributed by atoms with van der Waals surface area (Å²) in [6, 6.07) is 3.07. The highest BCUT2D eigenvalue weighted by Crippen LogP contribution is 2.20. The number of aromatic nitrogens is 1. The number of rotatable bonds is 6. The summed E-state index contributed by atoms with van der Waals surface area (Å²) in [6.07, 6.45) is 10.3. The third-order valence-corrected chi connectivity index (χ3v) is 6.49. The van der Waals surface area contributed by atoms with Crippen LogP contribution in [0.4, 0.5) is 5.82 Å². The topological polar surface area (TPSA) is 88.2 Å². The highest BCUT2D eigenvalue weighted by Gasteiger charge is 2.29. The van der Waals surface area contributed by atoms with Gasteiger partial charge in [-0.3, -0.25) is 4.79 Å². The molecular weight excluding hydrogens is 338 g/mol. The smallest absolute Gasteiger partial charge is 0.251 e.